The number of piperidine rings is 2. The molecule has 0 radical (unpaired) electrons. The number of halogens is 3. The molecule has 0 aromatic heterocycles. The largest absolute Gasteiger partial charge is 0.490 e. The van der Waals surface area contributed by atoms with Crippen LogP contribution in [0.15, 0.2) is 0 Å². The molecule has 0 unspecified atom stereocenters. The van der Waals surface area contributed by atoms with Gasteiger partial charge in [-0.15, -0.1) is 4.28 Å². The maximum atomic E-state index is 12.9. The molecule has 14 nitrogen and oxygen atoms in total. The second kappa shape index (κ2) is 16.6. The van der Waals surface area contributed by atoms with Crippen molar-refractivity contribution in [2.45, 2.75) is 103 Å². The van der Waals surface area contributed by atoms with Crippen LogP contribution in [0.2, 0.25) is 0 Å². The molecule has 0 aliphatic carbocycles. The molecule has 3 heterocycles. The van der Waals surface area contributed by atoms with E-state index < -0.39 is 58.7 Å². The first kappa shape index (κ1) is 37.5. The van der Waals surface area contributed by atoms with E-state index in [1.165, 1.54) is 18.7 Å². The number of nitrogens with one attached hydrogen (secondary N) is 2. The molecule has 0 spiro atoms. The predicted molar refractivity (Wildman–Crippen MR) is 148 cm³/mol. The van der Waals surface area contributed by atoms with Crippen LogP contribution in [-0.2, 0) is 38.0 Å². The second-order valence-corrected chi connectivity index (χ2v) is 12.7. The van der Waals surface area contributed by atoms with Crippen molar-refractivity contribution in [2.24, 2.45) is 5.41 Å². The van der Waals surface area contributed by atoms with Gasteiger partial charge in [0.15, 0.2) is 0 Å². The van der Waals surface area contributed by atoms with Gasteiger partial charge in [0.25, 0.3) is 0 Å². The van der Waals surface area contributed by atoms with Gasteiger partial charge in [0, 0.05) is 12.6 Å². The van der Waals surface area contributed by atoms with Crippen molar-refractivity contribution in [1.29, 1.82) is 0 Å². The number of hydrogen-bond donors (Lipinski definition) is 3. The van der Waals surface area contributed by atoms with Crippen molar-refractivity contribution in [3.63, 3.8) is 0 Å². The van der Waals surface area contributed by atoms with E-state index in [0.29, 0.717) is 12.8 Å². The second-order valence-electron chi connectivity index (χ2n) is 11.5. The van der Waals surface area contributed by atoms with Crippen molar-refractivity contribution in [2.75, 3.05) is 32.8 Å². The summed E-state index contributed by atoms with van der Waals surface area (Å²) < 4.78 is 72.1. The number of fused-ring (bicyclic) bond motifs is 2. The number of ether oxygens (including phenoxy) is 1. The van der Waals surface area contributed by atoms with Crippen LogP contribution < -0.4 is 10.6 Å². The fraction of sp³-hybridized carbons (Fsp3) is 0.846. The number of rotatable bonds is 14. The average molecular weight is 661 g/mol. The summed E-state index contributed by atoms with van der Waals surface area (Å²) in [6, 6.07) is -1.82. The summed E-state index contributed by atoms with van der Waals surface area (Å²) in [7, 11) is -4.64. The highest BCUT2D eigenvalue weighted by Crippen LogP contribution is 2.31. The third-order valence-electron chi connectivity index (χ3n) is 7.32. The SMILES string of the molecule is CCCCCCCOC(=O)C(C)(C)COS(=O)(=O)ON1C(=O)N2C[C@H]1CC[C@H]2C(=O)NC1CCNCC1.O=C(O)C(F)(F)F. The molecule has 2 atom stereocenters. The molecule has 3 aliphatic heterocycles. The standard InChI is InChI=1S/C24H42N4O8S.C2HF3O2/c1-4-5-6-7-8-15-34-22(30)24(2,3)17-35-37(32,33)36-28-19-9-10-20(27(16-19)23(28)31)21(29)26-18-11-13-25-14-12-18;3-2(4,5)1(6)7/h18-20,25H,4-17H2,1-3H3,(H,26,29);(H,6,7)/t19-,20+;/m1./s1. The van der Waals surface area contributed by atoms with Gasteiger partial charge in [-0.05, 0) is 59.0 Å². The number of urea groups is 1. The molecular formula is C26H43F3N4O10S. The van der Waals surface area contributed by atoms with E-state index in [4.69, 9.17) is 23.1 Å². The number of carbonyl (C=O) groups excluding carboxylic acids is 3. The van der Waals surface area contributed by atoms with Crippen molar-refractivity contribution in [3.8, 4) is 0 Å². The van der Waals surface area contributed by atoms with E-state index in [9.17, 15) is 36.0 Å². The number of hydrogen-bond acceptors (Lipinski definition) is 10. The zero-order valence-corrected chi connectivity index (χ0v) is 26.0. The van der Waals surface area contributed by atoms with Crippen LogP contribution in [0, 0.1) is 5.41 Å². The lowest BCUT2D eigenvalue weighted by Crippen LogP contribution is -2.53. The first-order valence-electron chi connectivity index (χ1n) is 14.7. The van der Waals surface area contributed by atoms with Crippen molar-refractivity contribution in [3.05, 3.63) is 0 Å². The number of alkyl halides is 3. The Labute approximate surface area is 255 Å². The van der Waals surface area contributed by atoms with E-state index in [2.05, 4.69) is 17.6 Å². The number of unbranched alkanes of at least 4 members (excludes halogenated alkanes) is 4. The molecule has 0 aromatic carbocycles. The topological polar surface area (TPSA) is 181 Å². The Morgan fingerprint density at radius 1 is 1.05 bits per heavy atom. The molecule has 3 N–H and O–H groups in total. The van der Waals surface area contributed by atoms with Crippen LogP contribution in [0.3, 0.4) is 0 Å². The Hall–Kier alpha value is -2.70. The van der Waals surface area contributed by atoms with Crippen LogP contribution in [0.1, 0.15) is 78.6 Å². The van der Waals surface area contributed by atoms with Gasteiger partial charge in [0.05, 0.1) is 24.7 Å². The van der Waals surface area contributed by atoms with Crippen LogP contribution in [0.4, 0.5) is 18.0 Å². The van der Waals surface area contributed by atoms with E-state index in [-0.39, 0.29) is 25.1 Å². The molecule has 0 aromatic rings. The first-order valence-corrected chi connectivity index (χ1v) is 16.0. The lowest BCUT2D eigenvalue weighted by Gasteiger charge is -2.32. The minimum absolute atomic E-state index is 0.0569. The number of esters is 1. The fourth-order valence-corrected chi connectivity index (χ4v) is 5.59. The van der Waals surface area contributed by atoms with Gasteiger partial charge in [-0.25, -0.2) is 13.8 Å². The average Bonchev–Trinajstić information content (AvgIpc) is 3.18. The molecule has 3 aliphatic rings. The zero-order valence-electron chi connectivity index (χ0n) is 25.2. The summed E-state index contributed by atoms with van der Waals surface area (Å²) in [6.45, 7) is 6.77. The summed E-state index contributed by atoms with van der Waals surface area (Å²) in [5.41, 5.74) is -1.23. The third kappa shape index (κ3) is 11.7. The molecule has 3 saturated heterocycles. The Bertz CT molecular complexity index is 1100. The normalized spacial score (nSPS) is 21.0. The smallest absolute Gasteiger partial charge is 0.475 e. The fourth-order valence-electron chi connectivity index (χ4n) is 4.73. The predicted octanol–water partition coefficient (Wildman–Crippen LogP) is 2.49. The number of carboxylic acid groups (broad SMARTS) is 1. The van der Waals surface area contributed by atoms with Crippen molar-refractivity contribution in [1.82, 2.24) is 20.6 Å². The molecule has 3 fully saturated rings. The van der Waals surface area contributed by atoms with E-state index in [1.807, 2.05) is 0 Å². The molecule has 2 bridgehead atoms. The Morgan fingerprint density at radius 3 is 2.25 bits per heavy atom. The maximum absolute atomic E-state index is 12.9. The molecular weight excluding hydrogens is 617 g/mol. The lowest BCUT2D eigenvalue weighted by molar-refractivity contribution is -0.192. The molecule has 44 heavy (non-hydrogen) atoms. The summed E-state index contributed by atoms with van der Waals surface area (Å²) >= 11 is 0. The monoisotopic (exact) mass is 660 g/mol. The van der Waals surface area contributed by atoms with Gasteiger partial charge in [-0.3, -0.25) is 9.59 Å². The highest BCUT2D eigenvalue weighted by Gasteiger charge is 2.50. The minimum atomic E-state index is -5.08. The van der Waals surface area contributed by atoms with Gasteiger partial charge >= 0.3 is 34.5 Å². The zero-order chi connectivity index (χ0) is 33.1. The lowest BCUT2D eigenvalue weighted by atomic mass is 9.95. The van der Waals surface area contributed by atoms with Crippen LogP contribution in [-0.4, -0.2) is 105 Å². The highest BCUT2D eigenvalue weighted by molar-refractivity contribution is 7.81. The van der Waals surface area contributed by atoms with E-state index >= 15 is 0 Å². The number of carboxylic acids is 1. The Morgan fingerprint density at radius 2 is 1.66 bits per heavy atom. The van der Waals surface area contributed by atoms with Crippen LogP contribution in [0.5, 0.6) is 0 Å². The van der Waals surface area contributed by atoms with Crippen molar-refractivity contribution >= 4 is 34.3 Å². The van der Waals surface area contributed by atoms with E-state index in [0.717, 1.165) is 63.1 Å². The van der Waals surface area contributed by atoms with Gasteiger partial charge in [0.2, 0.25) is 5.91 Å². The van der Waals surface area contributed by atoms with Gasteiger partial charge in [0.1, 0.15) is 6.04 Å². The summed E-state index contributed by atoms with van der Waals surface area (Å²) in [6.07, 6.45) is 2.42. The summed E-state index contributed by atoms with van der Waals surface area (Å²) in [4.78, 5) is 48.4. The number of carbonyl (C=O) groups is 4. The molecule has 0 saturated carbocycles. The molecule has 254 valence electrons. The Kier molecular flexibility index (Phi) is 14.1. The molecule has 3 rings (SSSR count). The number of aliphatic carboxylic acids is 1. The minimum Gasteiger partial charge on any atom is -0.475 e. The Balaban J connectivity index is 0.000000860. The first-order chi connectivity index (χ1) is 20.5. The van der Waals surface area contributed by atoms with Crippen LogP contribution in [0.25, 0.3) is 0 Å². The van der Waals surface area contributed by atoms with Crippen LogP contribution >= 0.6 is 0 Å². The van der Waals surface area contributed by atoms with E-state index in [1.54, 1.807) is 0 Å². The van der Waals surface area contributed by atoms with Gasteiger partial charge in [-0.1, -0.05) is 32.6 Å². The summed E-state index contributed by atoms with van der Waals surface area (Å²) in [5, 5.41) is 14.1. The molecule has 18 heteroatoms. The third-order valence-corrected chi connectivity index (χ3v) is 8.07. The van der Waals surface area contributed by atoms with Gasteiger partial charge in [-0.2, -0.15) is 26.7 Å². The van der Waals surface area contributed by atoms with Gasteiger partial charge < -0.3 is 25.4 Å². The van der Waals surface area contributed by atoms with Crippen molar-refractivity contribution < 1.29 is 59.1 Å². The number of nitrogens with zero attached hydrogens (tertiary/aromatic N) is 2. The molecule has 3 amide bonds. The number of amides is 3. The number of hydroxylamine groups is 2. The highest BCUT2D eigenvalue weighted by atomic mass is 32.3. The quantitative estimate of drug-likeness (QED) is 0.184. The summed E-state index contributed by atoms with van der Waals surface area (Å²) in [5.74, 6) is -3.56. The maximum Gasteiger partial charge on any atom is 0.490 e.